The number of aromatic nitrogens is 1. The molecule has 1 aromatic heterocycles. The van der Waals surface area contributed by atoms with Crippen molar-refractivity contribution in [2.24, 2.45) is 0 Å². The van der Waals surface area contributed by atoms with Crippen LogP contribution >= 0.6 is 11.3 Å². The van der Waals surface area contributed by atoms with Crippen LogP contribution in [0.4, 0.5) is 9.93 Å². The van der Waals surface area contributed by atoms with Crippen LogP contribution in [0.25, 0.3) is 0 Å². The van der Waals surface area contributed by atoms with E-state index in [1.54, 1.807) is 6.20 Å². The van der Waals surface area contributed by atoms with Crippen molar-refractivity contribution < 1.29 is 4.79 Å². The summed E-state index contributed by atoms with van der Waals surface area (Å²) < 4.78 is 0. The first kappa shape index (κ1) is 12.6. The Hall–Kier alpha value is -1.88. The number of hydrogen-bond donors (Lipinski definition) is 2. The van der Waals surface area contributed by atoms with E-state index in [9.17, 15) is 4.79 Å². The highest BCUT2D eigenvalue weighted by molar-refractivity contribution is 7.13. The fourth-order valence-electron chi connectivity index (χ4n) is 1.57. The number of thiazole rings is 1. The molecule has 4 nitrogen and oxygen atoms in total. The highest BCUT2D eigenvalue weighted by Gasteiger charge is 2.07. The number of nitrogens with one attached hydrogen (secondary N) is 2. The van der Waals surface area contributed by atoms with Crippen LogP contribution in [0.1, 0.15) is 18.4 Å². The number of hydrogen-bond acceptors (Lipinski definition) is 3. The molecule has 0 radical (unpaired) electrons. The van der Waals surface area contributed by atoms with Crippen molar-refractivity contribution in [3.8, 4) is 0 Å². The number of benzene rings is 1. The lowest BCUT2D eigenvalue weighted by atomic mass is 10.0. The van der Waals surface area contributed by atoms with Gasteiger partial charge in [0, 0.05) is 18.1 Å². The molecule has 0 saturated carbocycles. The molecular formula is C13H15N3OS. The van der Waals surface area contributed by atoms with Crippen LogP contribution < -0.4 is 10.6 Å². The first-order chi connectivity index (χ1) is 8.75. The van der Waals surface area contributed by atoms with Crippen LogP contribution in [0.3, 0.4) is 0 Å². The molecule has 5 heteroatoms. The first-order valence-corrected chi connectivity index (χ1v) is 6.63. The third kappa shape index (κ3) is 3.56. The minimum Gasteiger partial charge on any atom is -0.337 e. The van der Waals surface area contributed by atoms with E-state index in [1.807, 2.05) is 23.6 Å². The van der Waals surface area contributed by atoms with E-state index in [2.05, 4.69) is 34.7 Å². The summed E-state index contributed by atoms with van der Waals surface area (Å²) in [4.78, 5) is 15.6. The molecule has 1 aromatic carbocycles. The molecule has 0 aliphatic carbocycles. The smallest absolute Gasteiger partial charge is 0.321 e. The molecule has 0 fully saturated rings. The summed E-state index contributed by atoms with van der Waals surface area (Å²) in [7, 11) is 0. The molecule has 0 aliphatic heterocycles. The summed E-state index contributed by atoms with van der Waals surface area (Å²) in [6.07, 6.45) is 1.66. The molecule has 1 unspecified atom stereocenters. The van der Waals surface area contributed by atoms with Gasteiger partial charge in [0.15, 0.2) is 5.13 Å². The number of nitrogens with zero attached hydrogens (tertiary/aromatic N) is 1. The number of carbonyl (C=O) groups excluding carboxylic acids is 1. The van der Waals surface area contributed by atoms with E-state index in [-0.39, 0.29) is 11.9 Å². The summed E-state index contributed by atoms with van der Waals surface area (Å²) in [6.45, 7) is 2.68. The predicted octanol–water partition coefficient (Wildman–Crippen LogP) is 3.07. The van der Waals surface area contributed by atoms with E-state index < -0.39 is 0 Å². The standard InChI is InChI=1S/C13H15N3OS/c1-10(11-5-3-2-4-6-11)9-15-12(17)16-13-14-7-8-18-13/h2-8,10H,9H2,1H3,(H2,14,15,16,17). The fraction of sp³-hybridized carbons (Fsp3) is 0.231. The highest BCUT2D eigenvalue weighted by Crippen LogP contribution is 2.13. The Kier molecular flexibility index (Phi) is 4.30. The van der Waals surface area contributed by atoms with Crippen molar-refractivity contribution in [2.45, 2.75) is 12.8 Å². The van der Waals surface area contributed by atoms with Gasteiger partial charge in [-0.25, -0.2) is 9.78 Å². The Balaban J connectivity index is 1.79. The van der Waals surface area contributed by atoms with Crippen molar-refractivity contribution >= 4 is 22.5 Å². The van der Waals surface area contributed by atoms with Gasteiger partial charge in [-0.15, -0.1) is 11.3 Å². The lowest BCUT2D eigenvalue weighted by Gasteiger charge is -2.12. The van der Waals surface area contributed by atoms with Crippen LogP contribution in [-0.4, -0.2) is 17.6 Å². The number of amides is 2. The monoisotopic (exact) mass is 261 g/mol. The van der Waals surface area contributed by atoms with Gasteiger partial charge in [-0.3, -0.25) is 5.32 Å². The second kappa shape index (κ2) is 6.16. The van der Waals surface area contributed by atoms with Gasteiger partial charge in [0.2, 0.25) is 0 Å². The fourth-order valence-corrected chi connectivity index (χ4v) is 2.10. The van der Waals surface area contributed by atoms with Crippen LogP contribution in [0.5, 0.6) is 0 Å². The maximum Gasteiger partial charge on any atom is 0.321 e. The maximum absolute atomic E-state index is 11.6. The molecule has 2 rings (SSSR count). The van der Waals surface area contributed by atoms with Gasteiger partial charge < -0.3 is 5.32 Å². The van der Waals surface area contributed by atoms with Gasteiger partial charge in [-0.1, -0.05) is 37.3 Å². The largest absolute Gasteiger partial charge is 0.337 e. The highest BCUT2D eigenvalue weighted by atomic mass is 32.1. The lowest BCUT2D eigenvalue weighted by molar-refractivity contribution is 0.251. The predicted molar refractivity (Wildman–Crippen MR) is 74.0 cm³/mol. The molecule has 0 aliphatic rings. The van der Waals surface area contributed by atoms with Gasteiger partial charge in [0.05, 0.1) is 0 Å². The first-order valence-electron chi connectivity index (χ1n) is 5.75. The molecule has 2 aromatic rings. The van der Waals surface area contributed by atoms with E-state index in [0.29, 0.717) is 11.7 Å². The summed E-state index contributed by atoms with van der Waals surface area (Å²) in [5, 5.41) is 7.95. The number of carbonyl (C=O) groups is 1. The van der Waals surface area contributed by atoms with Crippen LogP contribution in [0.15, 0.2) is 41.9 Å². The van der Waals surface area contributed by atoms with E-state index in [4.69, 9.17) is 0 Å². The van der Waals surface area contributed by atoms with Crippen molar-refractivity contribution in [3.05, 3.63) is 47.5 Å². The average molecular weight is 261 g/mol. The third-order valence-electron chi connectivity index (χ3n) is 2.59. The zero-order chi connectivity index (χ0) is 12.8. The molecular weight excluding hydrogens is 246 g/mol. The third-order valence-corrected chi connectivity index (χ3v) is 3.28. The van der Waals surface area contributed by atoms with Gasteiger partial charge in [-0.05, 0) is 11.5 Å². The average Bonchev–Trinajstić information content (AvgIpc) is 2.90. The van der Waals surface area contributed by atoms with Gasteiger partial charge in [0.25, 0.3) is 0 Å². The Morgan fingerprint density at radius 2 is 2.17 bits per heavy atom. The van der Waals surface area contributed by atoms with Crippen molar-refractivity contribution in [3.63, 3.8) is 0 Å². The molecule has 18 heavy (non-hydrogen) atoms. The zero-order valence-electron chi connectivity index (χ0n) is 10.1. The second-order valence-corrected chi connectivity index (χ2v) is 4.88. The second-order valence-electron chi connectivity index (χ2n) is 3.98. The lowest BCUT2D eigenvalue weighted by Crippen LogP contribution is -2.31. The van der Waals surface area contributed by atoms with Crippen molar-refractivity contribution in [2.75, 3.05) is 11.9 Å². The Labute approximate surface area is 110 Å². The molecule has 1 atom stereocenters. The van der Waals surface area contributed by atoms with Crippen molar-refractivity contribution in [1.29, 1.82) is 0 Å². The molecule has 1 heterocycles. The molecule has 2 N–H and O–H groups in total. The molecule has 94 valence electrons. The van der Waals surface area contributed by atoms with Crippen LogP contribution in [-0.2, 0) is 0 Å². The van der Waals surface area contributed by atoms with Gasteiger partial charge in [0.1, 0.15) is 0 Å². The minimum absolute atomic E-state index is 0.215. The Bertz CT molecular complexity index is 484. The SMILES string of the molecule is CC(CNC(=O)Nc1nccs1)c1ccccc1. The topological polar surface area (TPSA) is 54.0 Å². The van der Waals surface area contributed by atoms with E-state index in [1.165, 1.54) is 16.9 Å². The summed E-state index contributed by atoms with van der Waals surface area (Å²) >= 11 is 1.40. The summed E-state index contributed by atoms with van der Waals surface area (Å²) in [5.74, 6) is 0.285. The van der Waals surface area contributed by atoms with E-state index >= 15 is 0 Å². The van der Waals surface area contributed by atoms with Crippen molar-refractivity contribution in [1.82, 2.24) is 10.3 Å². The minimum atomic E-state index is -0.215. The van der Waals surface area contributed by atoms with Gasteiger partial charge >= 0.3 is 6.03 Å². The zero-order valence-corrected chi connectivity index (χ0v) is 10.9. The maximum atomic E-state index is 11.6. The van der Waals surface area contributed by atoms with Crippen LogP contribution in [0.2, 0.25) is 0 Å². The van der Waals surface area contributed by atoms with Gasteiger partial charge in [-0.2, -0.15) is 0 Å². The molecule has 0 spiro atoms. The Morgan fingerprint density at radius 1 is 1.39 bits per heavy atom. The van der Waals surface area contributed by atoms with E-state index in [0.717, 1.165) is 0 Å². The molecule has 2 amide bonds. The number of anilines is 1. The molecule has 0 bridgehead atoms. The number of urea groups is 1. The summed E-state index contributed by atoms with van der Waals surface area (Å²) in [6, 6.07) is 9.89. The molecule has 0 saturated heterocycles. The quantitative estimate of drug-likeness (QED) is 0.888. The van der Waals surface area contributed by atoms with Crippen LogP contribution in [0, 0.1) is 0 Å². The summed E-state index contributed by atoms with van der Waals surface area (Å²) in [5.41, 5.74) is 1.21. The normalized spacial score (nSPS) is 11.8. The number of rotatable bonds is 4. The Morgan fingerprint density at radius 3 is 2.83 bits per heavy atom.